The van der Waals surface area contributed by atoms with Gasteiger partial charge in [-0.15, -0.1) is 0 Å². The molecule has 0 aromatic rings. The number of likely N-dealkylation sites (tertiary alicyclic amines) is 1. The van der Waals surface area contributed by atoms with Crippen LogP contribution in [-0.4, -0.2) is 41.8 Å². The molecule has 1 aliphatic heterocycles. The Labute approximate surface area is 92.6 Å². The van der Waals surface area contributed by atoms with Gasteiger partial charge in [0, 0.05) is 31.8 Å². The molecule has 88 valence electrons. The van der Waals surface area contributed by atoms with Gasteiger partial charge in [0.05, 0.1) is 0 Å². The highest BCUT2D eigenvalue weighted by atomic mass is 16.3. The van der Waals surface area contributed by atoms with Gasteiger partial charge in [-0.25, -0.2) is 0 Å². The number of rotatable bonds is 3. The molecule has 0 aromatic carbocycles. The lowest BCUT2D eigenvalue weighted by atomic mass is 9.78. The van der Waals surface area contributed by atoms with Gasteiger partial charge in [-0.2, -0.15) is 0 Å². The number of aliphatic hydroxyl groups excluding tert-OH is 1. The molecule has 0 radical (unpaired) electrons. The highest BCUT2D eigenvalue weighted by molar-refractivity contribution is 4.91. The molecule has 0 spiro atoms. The third-order valence-corrected chi connectivity index (χ3v) is 4.18. The molecule has 1 aliphatic carbocycles. The lowest BCUT2D eigenvalue weighted by Gasteiger charge is -2.48. The molecule has 3 N–H and O–H groups in total. The van der Waals surface area contributed by atoms with Crippen LogP contribution in [0.3, 0.4) is 0 Å². The van der Waals surface area contributed by atoms with Gasteiger partial charge in [0.15, 0.2) is 0 Å². The zero-order valence-electron chi connectivity index (χ0n) is 9.73. The molecule has 3 nitrogen and oxygen atoms in total. The number of piperidine rings is 1. The molecule has 2 aliphatic rings. The van der Waals surface area contributed by atoms with Crippen LogP contribution in [0.5, 0.6) is 0 Å². The van der Waals surface area contributed by atoms with E-state index in [4.69, 9.17) is 10.8 Å². The van der Waals surface area contributed by atoms with Gasteiger partial charge in [-0.05, 0) is 37.5 Å². The minimum atomic E-state index is 0.311. The quantitative estimate of drug-likeness (QED) is 0.728. The standard InChI is InChI=1S/C12H24N2O/c1-9-2-3-12(9)14-7-10(4-5-15)6-11(13)8-14/h9-12,15H,2-8,13H2,1H3. The molecule has 1 saturated carbocycles. The van der Waals surface area contributed by atoms with E-state index in [0.717, 1.165) is 37.9 Å². The van der Waals surface area contributed by atoms with E-state index >= 15 is 0 Å². The molecule has 2 rings (SSSR count). The average molecular weight is 212 g/mol. The van der Waals surface area contributed by atoms with Gasteiger partial charge in [0.1, 0.15) is 0 Å². The van der Waals surface area contributed by atoms with E-state index in [-0.39, 0.29) is 0 Å². The van der Waals surface area contributed by atoms with E-state index < -0.39 is 0 Å². The van der Waals surface area contributed by atoms with Crippen molar-refractivity contribution >= 4 is 0 Å². The highest BCUT2D eigenvalue weighted by Crippen LogP contribution is 2.34. The van der Waals surface area contributed by atoms with Crippen molar-refractivity contribution < 1.29 is 5.11 Å². The number of aliphatic hydroxyl groups is 1. The number of hydrogen-bond donors (Lipinski definition) is 2. The van der Waals surface area contributed by atoms with Gasteiger partial charge in [0.25, 0.3) is 0 Å². The third-order valence-electron chi connectivity index (χ3n) is 4.18. The van der Waals surface area contributed by atoms with Gasteiger partial charge < -0.3 is 10.8 Å². The van der Waals surface area contributed by atoms with Crippen LogP contribution in [0.15, 0.2) is 0 Å². The first kappa shape index (κ1) is 11.4. The minimum Gasteiger partial charge on any atom is -0.396 e. The minimum absolute atomic E-state index is 0.311. The normalized spacial score (nSPS) is 42.6. The van der Waals surface area contributed by atoms with E-state index in [9.17, 15) is 0 Å². The van der Waals surface area contributed by atoms with Crippen molar-refractivity contribution in [3.05, 3.63) is 0 Å². The zero-order chi connectivity index (χ0) is 10.8. The summed E-state index contributed by atoms with van der Waals surface area (Å²) in [4.78, 5) is 2.57. The van der Waals surface area contributed by atoms with Crippen molar-refractivity contribution in [1.82, 2.24) is 4.90 Å². The third kappa shape index (κ3) is 2.52. The van der Waals surface area contributed by atoms with Gasteiger partial charge in [-0.3, -0.25) is 4.90 Å². The molecule has 0 amide bonds. The molecule has 1 saturated heterocycles. The Kier molecular flexibility index (Phi) is 3.65. The summed E-state index contributed by atoms with van der Waals surface area (Å²) in [6.45, 7) is 4.88. The second-order valence-electron chi connectivity index (χ2n) is 5.45. The van der Waals surface area contributed by atoms with Crippen molar-refractivity contribution in [2.75, 3.05) is 19.7 Å². The largest absolute Gasteiger partial charge is 0.396 e. The summed E-state index contributed by atoms with van der Waals surface area (Å²) in [5, 5.41) is 8.99. The molecule has 0 aromatic heterocycles. The van der Waals surface area contributed by atoms with Crippen LogP contribution in [0.1, 0.15) is 32.6 Å². The van der Waals surface area contributed by atoms with E-state index in [0.29, 0.717) is 18.6 Å². The van der Waals surface area contributed by atoms with Crippen LogP contribution >= 0.6 is 0 Å². The van der Waals surface area contributed by atoms with E-state index in [2.05, 4.69) is 11.8 Å². The van der Waals surface area contributed by atoms with E-state index in [1.165, 1.54) is 12.8 Å². The highest BCUT2D eigenvalue weighted by Gasteiger charge is 2.36. The SMILES string of the molecule is CC1CCC1N1CC(N)CC(CCO)C1. The predicted molar refractivity (Wildman–Crippen MR) is 61.5 cm³/mol. The Balaban J connectivity index is 1.88. The van der Waals surface area contributed by atoms with E-state index in [1.807, 2.05) is 0 Å². The number of nitrogens with two attached hydrogens (primary N) is 1. The topological polar surface area (TPSA) is 49.5 Å². The first-order valence-corrected chi connectivity index (χ1v) is 6.31. The van der Waals surface area contributed by atoms with Crippen LogP contribution in [-0.2, 0) is 0 Å². The Hall–Kier alpha value is -0.120. The van der Waals surface area contributed by atoms with Crippen molar-refractivity contribution in [1.29, 1.82) is 0 Å². The molecule has 4 atom stereocenters. The predicted octanol–water partition coefficient (Wildman–Crippen LogP) is 0.817. The summed E-state index contributed by atoms with van der Waals surface area (Å²) >= 11 is 0. The molecule has 2 fully saturated rings. The molecular weight excluding hydrogens is 188 g/mol. The summed E-state index contributed by atoms with van der Waals surface area (Å²) in [5.74, 6) is 1.47. The Morgan fingerprint density at radius 2 is 2.13 bits per heavy atom. The smallest absolute Gasteiger partial charge is 0.0434 e. The second kappa shape index (κ2) is 4.81. The van der Waals surface area contributed by atoms with Crippen molar-refractivity contribution in [3.8, 4) is 0 Å². The van der Waals surface area contributed by atoms with Crippen LogP contribution in [0, 0.1) is 11.8 Å². The summed E-state index contributed by atoms with van der Waals surface area (Å²) < 4.78 is 0. The maximum Gasteiger partial charge on any atom is 0.0434 e. The van der Waals surface area contributed by atoms with Gasteiger partial charge >= 0.3 is 0 Å². The van der Waals surface area contributed by atoms with Crippen molar-refractivity contribution in [2.24, 2.45) is 17.6 Å². The molecular formula is C12H24N2O. The lowest BCUT2D eigenvalue weighted by Crippen LogP contribution is -2.55. The zero-order valence-corrected chi connectivity index (χ0v) is 9.73. The molecule has 3 heteroatoms. The first-order chi connectivity index (χ1) is 7.20. The number of nitrogens with zero attached hydrogens (tertiary/aromatic N) is 1. The summed E-state index contributed by atoms with van der Waals surface area (Å²) in [6, 6.07) is 1.10. The maximum absolute atomic E-state index is 8.99. The fourth-order valence-corrected chi connectivity index (χ4v) is 3.14. The fourth-order valence-electron chi connectivity index (χ4n) is 3.14. The van der Waals surface area contributed by atoms with Crippen LogP contribution in [0.25, 0.3) is 0 Å². The van der Waals surface area contributed by atoms with E-state index in [1.54, 1.807) is 0 Å². The molecule has 15 heavy (non-hydrogen) atoms. The monoisotopic (exact) mass is 212 g/mol. The Bertz CT molecular complexity index is 210. The number of hydrogen-bond acceptors (Lipinski definition) is 3. The second-order valence-corrected chi connectivity index (χ2v) is 5.45. The first-order valence-electron chi connectivity index (χ1n) is 6.31. The Morgan fingerprint density at radius 3 is 2.67 bits per heavy atom. The lowest BCUT2D eigenvalue weighted by molar-refractivity contribution is 0.0238. The maximum atomic E-state index is 8.99. The Morgan fingerprint density at radius 1 is 1.33 bits per heavy atom. The summed E-state index contributed by atoms with van der Waals surface area (Å²) in [5.41, 5.74) is 6.08. The van der Waals surface area contributed by atoms with Crippen LogP contribution < -0.4 is 5.73 Å². The van der Waals surface area contributed by atoms with Gasteiger partial charge in [0.2, 0.25) is 0 Å². The molecule has 1 heterocycles. The van der Waals surface area contributed by atoms with Crippen LogP contribution in [0.4, 0.5) is 0 Å². The van der Waals surface area contributed by atoms with Crippen molar-refractivity contribution in [2.45, 2.75) is 44.7 Å². The van der Waals surface area contributed by atoms with Crippen LogP contribution in [0.2, 0.25) is 0 Å². The van der Waals surface area contributed by atoms with Gasteiger partial charge in [-0.1, -0.05) is 6.92 Å². The summed E-state index contributed by atoms with van der Waals surface area (Å²) in [6.07, 6.45) is 4.74. The van der Waals surface area contributed by atoms with Crippen molar-refractivity contribution in [3.63, 3.8) is 0 Å². The summed E-state index contributed by atoms with van der Waals surface area (Å²) in [7, 11) is 0. The molecule has 4 unspecified atom stereocenters. The molecule has 0 bridgehead atoms. The average Bonchev–Trinajstić information content (AvgIpc) is 2.15. The fraction of sp³-hybridized carbons (Fsp3) is 1.00.